The molecule has 5 heteroatoms. The lowest BCUT2D eigenvalue weighted by atomic mass is 10.1. The second-order valence-corrected chi connectivity index (χ2v) is 13.9. The summed E-state index contributed by atoms with van der Waals surface area (Å²) < 4.78 is 6.02. The Labute approximate surface area is 152 Å². The van der Waals surface area contributed by atoms with E-state index in [1.807, 2.05) is 12.1 Å². The highest BCUT2D eigenvalue weighted by molar-refractivity contribution is 6.88. The third-order valence-electron chi connectivity index (χ3n) is 5.85. The normalized spacial score (nSPS) is 20.2. The van der Waals surface area contributed by atoms with Crippen molar-refractivity contribution in [2.24, 2.45) is 0 Å². The van der Waals surface area contributed by atoms with Gasteiger partial charge in [-0.2, -0.15) is 0 Å². The first-order valence-corrected chi connectivity index (χ1v) is 11.6. The average Bonchev–Trinajstić information content (AvgIpc) is 3.00. The van der Waals surface area contributed by atoms with Crippen LogP contribution in [0.15, 0.2) is 35.5 Å². The predicted octanol–water partition coefficient (Wildman–Crippen LogP) is 6.20. The molecule has 1 fully saturated rings. The first kappa shape index (κ1) is 19.9. The van der Waals surface area contributed by atoms with E-state index in [2.05, 4.69) is 47.2 Å². The fourth-order valence-electron chi connectivity index (χ4n) is 4.54. The minimum absolute atomic E-state index is 0.0187. The molecule has 1 aliphatic heterocycles. The molecule has 0 aromatic heterocycles. The molecule has 0 amide bonds. The number of nitro benzene ring substituents is 1. The molecular formula is C20H31NO3Si. The second kappa shape index (κ2) is 7.83. The van der Waals surface area contributed by atoms with E-state index in [-0.39, 0.29) is 16.7 Å². The average molecular weight is 362 g/mol. The number of ether oxygens (including phenoxy) is 1. The Bertz CT molecular complexity index is 613. The number of hydrogen-bond acceptors (Lipinski definition) is 3. The Balaban J connectivity index is 2.23. The van der Waals surface area contributed by atoms with Gasteiger partial charge in [-0.15, -0.1) is 0 Å². The third-order valence-corrected chi connectivity index (χ3v) is 12.8. The SMILES string of the molecule is CC(C)[Si](/C=C1\COC(c2ccc([N+](=O)[O-])cc2)C1)(C(C)C)C(C)C. The molecule has 1 aromatic rings. The van der Waals surface area contributed by atoms with Crippen LogP contribution in [0.5, 0.6) is 0 Å². The van der Waals surface area contributed by atoms with Crippen LogP contribution in [0, 0.1) is 10.1 Å². The van der Waals surface area contributed by atoms with Crippen LogP contribution in [-0.2, 0) is 4.74 Å². The van der Waals surface area contributed by atoms with Crippen molar-refractivity contribution in [1.29, 1.82) is 0 Å². The molecule has 1 heterocycles. The number of benzene rings is 1. The van der Waals surface area contributed by atoms with Crippen LogP contribution in [0.4, 0.5) is 5.69 Å². The molecule has 1 saturated heterocycles. The van der Waals surface area contributed by atoms with Gasteiger partial charge in [-0.3, -0.25) is 10.1 Å². The van der Waals surface area contributed by atoms with Gasteiger partial charge < -0.3 is 4.74 Å². The summed E-state index contributed by atoms with van der Waals surface area (Å²) in [6, 6.07) is 6.78. The smallest absolute Gasteiger partial charge is 0.269 e. The molecule has 25 heavy (non-hydrogen) atoms. The van der Waals surface area contributed by atoms with Gasteiger partial charge in [-0.25, -0.2) is 0 Å². The summed E-state index contributed by atoms with van der Waals surface area (Å²) in [5.74, 6) is 0. The van der Waals surface area contributed by atoms with E-state index in [0.717, 1.165) is 12.0 Å². The molecule has 0 spiro atoms. The molecule has 1 unspecified atom stereocenters. The van der Waals surface area contributed by atoms with Gasteiger partial charge in [-0.05, 0) is 39.9 Å². The van der Waals surface area contributed by atoms with E-state index < -0.39 is 8.07 Å². The van der Waals surface area contributed by atoms with E-state index in [0.29, 0.717) is 23.2 Å². The minimum Gasteiger partial charge on any atom is -0.369 e. The summed E-state index contributed by atoms with van der Waals surface area (Å²) in [5.41, 5.74) is 7.25. The van der Waals surface area contributed by atoms with Gasteiger partial charge in [-0.1, -0.05) is 47.2 Å². The van der Waals surface area contributed by atoms with Crippen molar-refractivity contribution in [3.05, 3.63) is 51.2 Å². The van der Waals surface area contributed by atoms with Crippen molar-refractivity contribution in [3.8, 4) is 0 Å². The van der Waals surface area contributed by atoms with Crippen molar-refractivity contribution < 1.29 is 9.66 Å². The molecule has 0 radical (unpaired) electrons. The topological polar surface area (TPSA) is 52.4 Å². The van der Waals surface area contributed by atoms with Crippen LogP contribution in [0.25, 0.3) is 0 Å². The lowest BCUT2D eigenvalue weighted by Gasteiger charge is -2.41. The molecule has 1 aliphatic rings. The molecule has 0 bridgehead atoms. The summed E-state index contributed by atoms with van der Waals surface area (Å²) in [5, 5.41) is 10.8. The van der Waals surface area contributed by atoms with Gasteiger partial charge in [0.15, 0.2) is 0 Å². The number of rotatable bonds is 6. The quantitative estimate of drug-likeness (QED) is 0.344. The van der Waals surface area contributed by atoms with E-state index in [4.69, 9.17) is 4.74 Å². The second-order valence-electron chi connectivity index (χ2n) is 8.12. The molecular weight excluding hydrogens is 330 g/mol. The molecule has 0 saturated carbocycles. The van der Waals surface area contributed by atoms with Crippen molar-refractivity contribution in [2.45, 2.75) is 70.7 Å². The first-order valence-electron chi connectivity index (χ1n) is 9.25. The maximum Gasteiger partial charge on any atom is 0.269 e. The third kappa shape index (κ3) is 4.03. The highest BCUT2D eigenvalue weighted by Gasteiger charge is 2.41. The lowest BCUT2D eigenvalue weighted by molar-refractivity contribution is -0.384. The molecule has 0 N–H and O–H groups in total. The summed E-state index contributed by atoms with van der Waals surface area (Å²) in [4.78, 5) is 10.4. The monoisotopic (exact) mass is 361 g/mol. The highest BCUT2D eigenvalue weighted by atomic mass is 28.3. The molecule has 138 valence electrons. The standard InChI is InChI=1S/C20H31NO3Si/c1-14(2)25(15(3)4,16(5)6)13-17-11-20(24-12-17)18-7-9-19(10-8-18)21(22)23/h7-10,13-16,20H,11-12H2,1-6H3/b17-13-. The van der Waals surface area contributed by atoms with E-state index in [1.54, 1.807) is 12.1 Å². The maximum absolute atomic E-state index is 10.8. The highest BCUT2D eigenvalue weighted by Crippen LogP contribution is 2.45. The Morgan fingerprint density at radius 1 is 1.08 bits per heavy atom. The van der Waals surface area contributed by atoms with E-state index in [9.17, 15) is 10.1 Å². The lowest BCUT2D eigenvalue weighted by Crippen LogP contribution is -2.43. The summed E-state index contributed by atoms with van der Waals surface area (Å²) in [7, 11) is -1.58. The molecule has 2 rings (SSSR count). The van der Waals surface area contributed by atoms with Crippen LogP contribution in [0.3, 0.4) is 0 Å². The predicted molar refractivity (Wildman–Crippen MR) is 106 cm³/mol. The van der Waals surface area contributed by atoms with Crippen LogP contribution >= 0.6 is 0 Å². The van der Waals surface area contributed by atoms with Gasteiger partial charge >= 0.3 is 0 Å². The van der Waals surface area contributed by atoms with Gasteiger partial charge in [0.05, 0.1) is 25.7 Å². The van der Waals surface area contributed by atoms with Crippen molar-refractivity contribution in [1.82, 2.24) is 0 Å². The Hall–Kier alpha value is -1.46. The zero-order valence-electron chi connectivity index (χ0n) is 16.3. The Morgan fingerprint density at radius 3 is 2.04 bits per heavy atom. The summed E-state index contributed by atoms with van der Waals surface area (Å²) >= 11 is 0. The Morgan fingerprint density at radius 2 is 1.60 bits per heavy atom. The van der Waals surface area contributed by atoms with Gasteiger partial charge in [0.25, 0.3) is 5.69 Å². The van der Waals surface area contributed by atoms with Crippen LogP contribution < -0.4 is 0 Å². The summed E-state index contributed by atoms with van der Waals surface area (Å²) in [6.45, 7) is 14.9. The molecule has 0 aliphatic carbocycles. The van der Waals surface area contributed by atoms with Crippen LogP contribution in [0.2, 0.25) is 16.6 Å². The molecule has 1 atom stereocenters. The minimum atomic E-state index is -1.58. The number of nitro groups is 1. The number of non-ortho nitro benzene ring substituents is 1. The zero-order valence-corrected chi connectivity index (χ0v) is 17.3. The van der Waals surface area contributed by atoms with Crippen molar-refractivity contribution >= 4 is 13.8 Å². The Kier molecular flexibility index (Phi) is 6.22. The maximum atomic E-state index is 10.8. The van der Waals surface area contributed by atoms with Gasteiger partial charge in [0, 0.05) is 18.6 Å². The first-order chi connectivity index (χ1) is 11.7. The molecule has 4 nitrogen and oxygen atoms in total. The van der Waals surface area contributed by atoms with Gasteiger partial charge in [0.2, 0.25) is 0 Å². The fraction of sp³-hybridized carbons (Fsp3) is 0.600. The van der Waals surface area contributed by atoms with Gasteiger partial charge in [0.1, 0.15) is 0 Å². The largest absolute Gasteiger partial charge is 0.369 e. The zero-order chi connectivity index (χ0) is 18.8. The number of nitrogens with zero attached hydrogens (tertiary/aromatic N) is 1. The number of hydrogen-bond donors (Lipinski definition) is 0. The van der Waals surface area contributed by atoms with Crippen LogP contribution in [-0.4, -0.2) is 19.6 Å². The van der Waals surface area contributed by atoms with Crippen molar-refractivity contribution in [3.63, 3.8) is 0 Å². The van der Waals surface area contributed by atoms with E-state index in [1.165, 1.54) is 5.57 Å². The fourth-order valence-corrected chi connectivity index (χ4v) is 10.5. The summed E-state index contributed by atoms with van der Waals surface area (Å²) in [6.07, 6.45) is 0.920. The van der Waals surface area contributed by atoms with E-state index >= 15 is 0 Å². The van der Waals surface area contributed by atoms with Crippen LogP contribution in [0.1, 0.15) is 59.6 Å². The molecule has 1 aromatic carbocycles. The van der Waals surface area contributed by atoms with Crippen molar-refractivity contribution in [2.75, 3.05) is 6.61 Å².